The van der Waals surface area contributed by atoms with E-state index in [4.69, 9.17) is 19.6 Å². The monoisotopic (exact) mass is 1070 g/mol. The number of rotatable bonds is 20. The van der Waals surface area contributed by atoms with Crippen LogP contribution in [-0.2, 0) is 33.8 Å². The van der Waals surface area contributed by atoms with E-state index in [2.05, 4.69) is 68.3 Å². The van der Waals surface area contributed by atoms with Crippen LogP contribution in [0.5, 0.6) is 11.5 Å². The Morgan fingerprint density at radius 2 is 1.52 bits per heavy atom. The minimum Gasteiger partial charge on any atom is -0.497 e. The van der Waals surface area contributed by atoms with E-state index in [-0.39, 0.29) is 44.5 Å². The second-order valence-electron chi connectivity index (χ2n) is 21.8. The van der Waals surface area contributed by atoms with E-state index in [1.807, 2.05) is 66.7 Å². The molecule has 0 saturated heterocycles. The Morgan fingerprint density at radius 3 is 2.25 bits per heavy atom. The lowest BCUT2D eigenvalue weighted by Crippen LogP contribution is -2.47. The van der Waals surface area contributed by atoms with Crippen LogP contribution in [0.2, 0.25) is 18.1 Å². The number of sulfone groups is 1. The summed E-state index contributed by atoms with van der Waals surface area (Å²) >= 11 is 0. The number of nitrogens with one attached hydrogen (secondary N) is 3. The number of benzene rings is 6. The first-order valence-electron chi connectivity index (χ1n) is 25.5. The Hall–Kier alpha value is -7.63. The van der Waals surface area contributed by atoms with Gasteiger partial charge in [-0.2, -0.15) is 0 Å². The molecule has 6 aromatic carbocycles. The molecule has 0 aliphatic heterocycles. The number of hydrogen-bond acceptors (Lipinski definition) is 11. The number of aromatic amines is 1. The molecule has 14 nitrogen and oxygen atoms in total. The topological polar surface area (TPSA) is 195 Å². The normalized spacial score (nSPS) is 12.6. The van der Waals surface area contributed by atoms with Gasteiger partial charge < -0.3 is 40.2 Å². The van der Waals surface area contributed by atoms with Crippen molar-refractivity contribution in [3.63, 3.8) is 0 Å². The van der Waals surface area contributed by atoms with E-state index < -0.39 is 29.6 Å². The molecule has 16 heteroatoms. The molecule has 5 N–H and O–H groups in total. The fourth-order valence-corrected chi connectivity index (χ4v) is 11.9. The number of fused-ring (bicyclic) bond motifs is 2. The van der Waals surface area contributed by atoms with Gasteiger partial charge in [-0.1, -0.05) is 87.5 Å². The van der Waals surface area contributed by atoms with E-state index in [1.54, 1.807) is 80.6 Å². The number of nitrogens with two attached hydrogens (primary N) is 1. The molecule has 1 atom stereocenters. The molecule has 400 valence electrons. The molecular weight excluding hydrogens is 1000 g/mol. The van der Waals surface area contributed by atoms with Gasteiger partial charge in [-0.3, -0.25) is 19.4 Å². The summed E-state index contributed by atoms with van der Waals surface area (Å²) in [7, 11) is -3.24. The Balaban J connectivity index is 0.989. The van der Waals surface area contributed by atoms with E-state index in [0.29, 0.717) is 75.6 Å². The van der Waals surface area contributed by atoms with Crippen LogP contribution < -0.4 is 31.4 Å². The van der Waals surface area contributed by atoms with Crippen molar-refractivity contribution in [2.45, 2.75) is 101 Å². The summed E-state index contributed by atoms with van der Waals surface area (Å²) < 4.78 is 47.9. The molecule has 2 aromatic heterocycles. The van der Waals surface area contributed by atoms with Gasteiger partial charge in [0.25, 0.3) is 11.8 Å². The highest BCUT2D eigenvalue weighted by Gasteiger charge is 2.40. The summed E-state index contributed by atoms with van der Waals surface area (Å²) in [6.07, 6.45) is 1.58. The average molecular weight is 1070 g/mol. The van der Waals surface area contributed by atoms with Crippen molar-refractivity contribution in [2.24, 2.45) is 5.73 Å². The highest BCUT2D eigenvalue weighted by molar-refractivity contribution is 7.91. The predicted octanol–water partition coefficient (Wildman–Crippen LogP) is 11.6. The van der Waals surface area contributed by atoms with E-state index in [1.165, 1.54) is 24.4 Å². The number of pyridine rings is 2. The number of ether oxygens (including phenoxy) is 2. The third-order valence-corrected chi connectivity index (χ3v) is 20.5. The third-order valence-electron chi connectivity index (χ3n) is 14.3. The second-order valence-corrected chi connectivity index (χ2v) is 28.5. The molecule has 0 aliphatic carbocycles. The van der Waals surface area contributed by atoms with E-state index in [0.717, 1.165) is 22.1 Å². The summed E-state index contributed by atoms with van der Waals surface area (Å²) in [6.45, 7) is 18.1. The molecule has 77 heavy (non-hydrogen) atoms. The maximum atomic E-state index is 14.5. The first kappa shape index (κ1) is 55.6. The van der Waals surface area contributed by atoms with Gasteiger partial charge in [0.05, 0.1) is 45.3 Å². The number of H-pyrrole nitrogens is 1. The van der Waals surface area contributed by atoms with Gasteiger partial charge in [0.1, 0.15) is 18.1 Å². The van der Waals surface area contributed by atoms with Crippen LogP contribution >= 0.6 is 0 Å². The van der Waals surface area contributed by atoms with Crippen LogP contribution in [0.4, 0.5) is 11.4 Å². The van der Waals surface area contributed by atoms with Crippen LogP contribution in [0, 0.1) is 6.92 Å². The summed E-state index contributed by atoms with van der Waals surface area (Å²) in [5.41, 5.74) is 11.8. The van der Waals surface area contributed by atoms with Crippen molar-refractivity contribution in [1.82, 2.24) is 20.2 Å². The highest BCUT2D eigenvalue weighted by Crippen LogP contribution is 2.42. The fourth-order valence-electron chi connectivity index (χ4n) is 9.17. The Kier molecular flexibility index (Phi) is 16.3. The lowest BCUT2D eigenvalue weighted by atomic mass is 9.93. The van der Waals surface area contributed by atoms with Gasteiger partial charge in [-0.05, 0) is 134 Å². The summed E-state index contributed by atoms with van der Waals surface area (Å²) in [4.78, 5) is 48.8. The van der Waals surface area contributed by atoms with Gasteiger partial charge in [0, 0.05) is 66.0 Å². The average Bonchev–Trinajstić information content (AvgIpc) is 3.47. The first-order valence-corrected chi connectivity index (χ1v) is 29.9. The molecule has 1 unspecified atom stereocenters. The zero-order chi connectivity index (χ0) is 55.5. The van der Waals surface area contributed by atoms with Crippen molar-refractivity contribution < 1.29 is 31.9 Å². The van der Waals surface area contributed by atoms with Crippen LogP contribution in [-0.4, -0.2) is 69.7 Å². The van der Waals surface area contributed by atoms with Crippen LogP contribution in [0.15, 0.2) is 160 Å². The molecule has 0 radical (unpaired) electrons. The number of carbonyl (C=O) groups is 2. The minimum atomic E-state index is -4.13. The van der Waals surface area contributed by atoms with E-state index in [9.17, 15) is 22.8 Å². The number of anilines is 2. The molecule has 0 bridgehead atoms. The quantitative estimate of drug-likeness (QED) is 0.0530. The van der Waals surface area contributed by atoms with Crippen LogP contribution in [0.25, 0.3) is 21.8 Å². The van der Waals surface area contributed by atoms with Crippen molar-refractivity contribution in [3.8, 4) is 11.5 Å². The van der Waals surface area contributed by atoms with Crippen LogP contribution in [0.3, 0.4) is 0 Å². The molecule has 0 aliphatic rings. The molecule has 2 amide bonds. The Bertz CT molecular complexity index is 3670. The minimum absolute atomic E-state index is 0.000888. The molecule has 8 aromatic rings. The SMILES string of the molecule is COc1cccc(Nc2c(C(N)=O)cnc3c(C)cc(S(=O)(=O)c4cccc(CN(C)C(=O)c5cccc(CC(C)(C)NCC(O[Si](C)(C)C(C)(C)C)c6ccc(OCc7ccccc7)c7[nH]c(=O)ccc67)c5)c4)cc23)c1. The maximum absolute atomic E-state index is 14.5. The number of primary amides is 1. The lowest BCUT2D eigenvalue weighted by molar-refractivity contribution is 0.0784. The van der Waals surface area contributed by atoms with Crippen molar-refractivity contribution >= 4 is 63.1 Å². The first-order chi connectivity index (χ1) is 36.4. The predicted molar refractivity (Wildman–Crippen MR) is 308 cm³/mol. The zero-order valence-electron chi connectivity index (χ0n) is 45.4. The molecular formula is C61H68N6O8SSi. The summed E-state index contributed by atoms with van der Waals surface area (Å²) in [5.74, 6) is 0.196. The van der Waals surface area contributed by atoms with Gasteiger partial charge in [0.2, 0.25) is 15.4 Å². The van der Waals surface area contributed by atoms with Crippen molar-refractivity contribution in [2.75, 3.05) is 26.0 Å². The number of aryl methyl sites for hydroxylation is 1. The van der Waals surface area contributed by atoms with E-state index >= 15 is 0 Å². The van der Waals surface area contributed by atoms with Gasteiger partial charge >= 0.3 is 0 Å². The number of nitrogens with zero attached hydrogens (tertiary/aromatic N) is 2. The van der Waals surface area contributed by atoms with Crippen molar-refractivity contribution in [1.29, 1.82) is 0 Å². The smallest absolute Gasteiger partial charge is 0.253 e. The second kappa shape index (κ2) is 22.5. The molecule has 0 spiro atoms. The number of hydrogen-bond donors (Lipinski definition) is 4. The number of aromatic nitrogens is 2. The number of methoxy groups -OCH3 is 1. The Labute approximate surface area is 452 Å². The Morgan fingerprint density at radius 1 is 0.805 bits per heavy atom. The van der Waals surface area contributed by atoms with Gasteiger partial charge in [-0.25, -0.2) is 8.42 Å². The molecule has 0 saturated carbocycles. The molecule has 8 rings (SSSR count). The maximum Gasteiger partial charge on any atom is 0.253 e. The standard InChI is InChI=1S/C61H68N6O8SSi/c1-39-29-47(33-50-55(39)63-35-51(58(62)69)56(50)65-44-22-16-23-45(32-44)73-8)76(71,72)46-24-15-20-42(31-46)37-67(7)59(70)43-21-14-19-41(30-43)34-61(5,6)64-36-53(75-77(9,10)60(2,3)4)48-25-27-52(57-49(48)26-28-54(68)66-57)74-38-40-17-12-11-13-18-40/h11-33,35,53,64H,34,36-38H2,1-10H3,(H2,62,69)(H,63,65)(H,66,68). The largest absolute Gasteiger partial charge is 0.497 e. The van der Waals surface area contributed by atoms with Crippen molar-refractivity contribution in [3.05, 3.63) is 195 Å². The lowest BCUT2D eigenvalue weighted by Gasteiger charge is -2.40. The molecule has 0 fully saturated rings. The molecule has 2 heterocycles. The summed E-state index contributed by atoms with van der Waals surface area (Å²) in [6, 6.07) is 41.5. The summed E-state index contributed by atoms with van der Waals surface area (Å²) in [5, 5.41) is 8.22. The highest BCUT2D eigenvalue weighted by atomic mass is 32.2. The zero-order valence-corrected chi connectivity index (χ0v) is 47.2. The van der Waals surface area contributed by atoms with Gasteiger partial charge in [0.15, 0.2) is 8.32 Å². The number of carbonyl (C=O) groups excluding carboxylic acids is 2. The van der Waals surface area contributed by atoms with Gasteiger partial charge in [-0.15, -0.1) is 0 Å². The number of amides is 2. The van der Waals surface area contributed by atoms with Crippen LogP contribution in [0.1, 0.15) is 89.3 Å². The third kappa shape index (κ3) is 12.8. The fraction of sp³-hybridized carbons (Fsp3) is 0.279.